The Labute approximate surface area is 188 Å². The van der Waals surface area contributed by atoms with E-state index in [9.17, 15) is 9.36 Å². The Hall–Kier alpha value is -1.42. The van der Waals surface area contributed by atoms with Crippen molar-refractivity contribution in [2.45, 2.75) is 83.4 Å². The van der Waals surface area contributed by atoms with E-state index in [0.717, 1.165) is 18.4 Å². The van der Waals surface area contributed by atoms with E-state index in [1.54, 1.807) is 0 Å². The zero-order chi connectivity index (χ0) is 22.8. The standard InChI is InChI=1S/C25H39N2O3P/c1-19(24(28)30-25(2,3)4)21(20-13-8-7-9-14-20)15-12-18-31(29)26(5)22-16-10-11-17-23(22)27(31)6/h7-9,12-14,18-19,21-23H,10-11,15-17H2,1-6H3/b18-12+/t19-,21-,22+,23+/m0/s1. The summed E-state index contributed by atoms with van der Waals surface area (Å²) in [7, 11) is 1.30. The fraction of sp³-hybridized carbons (Fsp3) is 0.640. The molecule has 1 aliphatic heterocycles. The maximum Gasteiger partial charge on any atom is 0.309 e. The number of hydrogen-bond acceptors (Lipinski definition) is 3. The lowest BCUT2D eigenvalue weighted by Gasteiger charge is -2.28. The maximum atomic E-state index is 13.9. The number of likely N-dealkylation sites (N-methyl/N-ethyl adjacent to an activating group) is 2. The Morgan fingerprint density at radius 3 is 2.19 bits per heavy atom. The lowest BCUT2D eigenvalue weighted by Crippen LogP contribution is -2.37. The quantitative estimate of drug-likeness (QED) is 0.394. The highest BCUT2D eigenvalue weighted by Gasteiger charge is 2.50. The third-order valence-corrected chi connectivity index (χ3v) is 9.86. The van der Waals surface area contributed by atoms with Crippen LogP contribution in [-0.2, 0) is 14.1 Å². The summed E-state index contributed by atoms with van der Waals surface area (Å²) in [5.74, 6) is 1.40. The van der Waals surface area contributed by atoms with Gasteiger partial charge in [-0.3, -0.25) is 9.36 Å². The molecule has 0 N–H and O–H groups in total. The molecule has 0 unspecified atom stereocenters. The molecule has 0 radical (unpaired) electrons. The Morgan fingerprint density at radius 2 is 1.68 bits per heavy atom. The van der Waals surface area contributed by atoms with Crippen LogP contribution >= 0.6 is 7.44 Å². The molecule has 1 aromatic rings. The molecule has 3 rings (SSSR count). The molecule has 1 aliphatic carbocycles. The first-order chi connectivity index (χ1) is 14.5. The van der Waals surface area contributed by atoms with Gasteiger partial charge in [-0.05, 0) is 59.7 Å². The lowest BCUT2D eigenvalue weighted by molar-refractivity contribution is -0.160. The molecule has 31 heavy (non-hydrogen) atoms. The molecule has 5 nitrogen and oxygen atoms in total. The van der Waals surface area contributed by atoms with E-state index < -0.39 is 13.0 Å². The van der Waals surface area contributed by atoms with Gasteiger partial charge in [-0.2, -0.15) is 0 Å². The zero-order valence-corrected chi connectivity index (χ0v) is 20.8. The first-order valence-corrected chi connectivity index (χ1v) is 13.2. The maximum absolute atomic E-state index is 13.9. The van der Waals surface area contributed by atoms with Crippen LogP contribution in [0.25, 0.3) is 0 Å². The van der Waals surface area contributed by atoms with Crippen LogP contribution in [0, 0.1) is 5.92 Å². The van der Waals surface area contributed by atoms with Crippen molar-refractivity contribution >= 4 is 13.4 Å². The molecular weight excluding hydrogens is 407 g/mol. The van der Waals surface area contributed by atoms with Crippen LogP contribution in [0.15, 0.2) is 42.2 Å². The van der Waals surface area contributed by atoms with Crippen LogP contribution in [0.2, 0.25) is 0 Å². The summed E-state index contributed by atoms with van der Waals surface area (Å²) < 4.78 is 23.8. The van der Waals surface area contributed by atoms with Gasteiger partial charge in [-0.1, -0.05) is 56.2 Å². The van der Waals surface area contributed by atoms with E-state index in [2.05, 4.69) is 21.5 Å². The lowest BCUT2D eigenvalue weighted by atomic mass is 9.84. The molecule has 4 atom stereocenters. The van der Waals surface area contributed by atoms with Gasteiger partial charge in [-0.15, -0.1) is 0 Å². The number of carbonyl (C=O) groups excluding carboxylic acids is 1. The molecule has 0 amide bonds. The van der Waals surface area contributed by atoms with Crippen molar-refractivity contribution in [3.63, 3.8) is 0 Å². The van der Waals surface area contributed by atoms with Gasteiger partial charge in [0.05, 0.1) is 5.92 Å². The molecule has 2 aliphatic rings. The summed E-state index contributed by atoms with van der Waals surface area (Å²) in [6.07, 6.45) is 7.34. The van der Waals surface area contributed by atoms with Gasteiger partial charge < -0.3 is 4.74 Å². The Kier molecular flexibility index (Phi) is 7.50. The SMILES string of the molecule is C[C@H](C(=O)OC(C)(C)C)[C@H](C/C=C/P1(=O)N(C)[C@@H]2CCCC[C@H]2N1C)c1ccccc1. The fourth-order valence-electron chi connectivity index (χ4n) is 5.05. The number of benzene rings is 1. The average molecular weight is 447 g/mol. The third-order valence-electron chi connectivity index (χ3n) is 6.86. The van der Waals surface area contributed by atoms with Gasteiger partial charge in [0, 0.05) is 23.8 Å². The van der Waals surface area contributed by atoms with E-state index in [-0.39, 0.29) is 17.8 Å². The second kappa shape index (κ2) is 9.60. The fourth-order valence-corrected chi connectivity index (χ4v) is 7.71. The highest BCUT2D eigenvalue weighted by Crippen LogP contribution is 2.63. The summed E-state index contributed by atoms with van der Waals surface area (Å²) in [6, 6.07) is 10.8. The van der Waals surface area contributed by atoms with Crippen LogP contribution in [0.5, 0.6) is 0 Å². The van der Waals surface area contributed by atoms with Crippen LogP contribution in [0.3, 0.4) is 0 Å². The van der Waals surface area contributed by atoms with E-state index in [1.165, 1.54) is 12.8 Å². The van der Waals surface area contributed by atoms with Gasteiger partial charge in [0.2, 0.25) is 7.44 Å². The summed E-state index contributed by atoms with van der Waals surface area (Å²) in [6.45, 7) is 7.62. The predicted molar refractivity (Wildman–Crippen MR) is 127 cm³/mol. The van der Waals surface area contributed by atoms with Crippen molar-refractivity contribution in [1.29, 1.82) is 0 Å². The number of rotatable bonds is 6. The van der Waals surface area contributed by atoms with Gasteiger partial charge in [0.1, 0.15) is 5.60 Å². The third kappa shape index (κ3) is 5.32. The molecule has 1 heterocycles. The Bertz CT molecular complexity index is 811. The molecule has 2 fully saturated rings. The van der Waals surface area contributed by atoms with E-state index in [4.69, 9.17) is 4.74 Å². The minimum absolute atomic E-state index is 0.0283. The summed E-state index contributed by atoms with van der Waals surface area (Å²) in [4.78, 5) is 12.8. The van der Waals surface area contributed by atoms with Crippen LogP contribution in [0.4, 0.5) is 0 Å². The van der Waals surface area contributed by atoms with Gasteiger partial charge in [0.25, 0.3) is 0 Å². The topological polar surface area (TPSA) is 49.9 Å². The molecule has 1 saturated heterocycles. The molecular formula is C25H39N2O3P. The highest BCUT2D eigenvalue weighted by atomic mass is 31.2. The van der Waals surface area contributed by atoms with Gasteiger partial charge >= 0.3 is 5.97 Å². The first-order valence-electron chi connectivity index (χ1n) is 11.6. The highest BCUT2D eigenvalue weighted by molar-refractivity contribution is 7.62. The number of ether oxygens (including phenoxy) is 1. The summed E-state index contributed by atoms with van der Waals surface area (Å²) in [5, 5.41) is 0. The summed E-state index contributed by atoms with van der Waals surface area (Å²) >= 11 is 0. The van der Waals surface area contributed by atoms with Crippen molar-refractivity contribution in [3.8, 4) is 0 Å². The smallest absolute Gasteiger partial charge is 0.309 e. The van der Waals surface area contributed by atoms with E-state index in [1.807, 2.05) is 71.9 Å². The molecule has 6 heteroatoms. The van der Waals surface area contributed by atoms with Crippen LogP contribution < -0.4 is 0 Å². The minimum Gasteiger partial charge on any atom is -0.460 e. The number of carbonyl (C=O) groups is 1. The monoisotopic (exact) mass is 446 g/mol. The average Bonchev–Trinajstić information content (AvgIpc) is 2.92. The number of esters is 1. The zero-order valence-electron chi connectivity index (χ0n) is 20.0. The number of fused-ring (bicyclic) bond motifs is 1. The molecule has 0 bridgehead atoms. The molecule has 1 aromatic carbocycles. The molecule has 0 spiro atoms. The Morgan fingerprint density at radius 1 is 1.13 bits per heavy atom. The largest absolute Gasteiger partial charge is 0.460 e. The van der Waals surface area contributed by atoms with Crippen molar-refractivity contribution in [1.82, 2.24) is 9.34 Å². The second-order valence-corrected chi connectivity index (χ2v) is 12.9. The van der Waals surface area contributed by atoms with Crippen molar-refractivity contribution < 1.29 is 14.1 Å². The summed E-state index contributed by atoms with van der Waals surface area (Å²) in [5.41, 5.74) is 0.587. The molecule has 1 saturated carbocycles. The van der Waals surface area contributed by atoms with Crippen molar-refractivity contribution in [3.05, 3.63) is 47.8 Å². The molecule has 0 aromatic heterocycles. The number of allylic oxidation sites excluding steroid dienone is 1. The number of nitrogens with zero attached hydrogens (tertiary/aromatic N) is 2. The normalized spacial score (nSPS) is 26.5. The van der Waals surface area contributed by atoms with Crippen molar-refractivity contribution in [2.75, 3.05) is 14.1 Å². The van der Waals surface area contributed by atoms with Crippen molar-refractivity contribution in [2.24, 2.45) is 5.92 Å². The second-order valence-electron chi connectivity index (χ2n) is 10.1. The Balaban J connectivity index is 1.79. The number of hydrogen-bond donors (Lipinski definition) is 0. The minimum atomic E-state index is -2.72. The van der Waals surface area contributed by atoms with E-state index >= 15 is 0 Å². The molecule has 172 valence electrons. The van der Waals surface area contributed by atoms with Gasteiger partial charge in [0.15, 0.2) is 0 Å². The first kappa shape index (κ1) is 24.2. The van der Waals surface area contributed by atoms with E-state index in [0.29, 0.717) is 18.5 Å². The van der Waals surface area contributed by atoms with Gasteiger partial charge in [-0.25, -0.2) is 9.34 Å². The predicted octanol–water partition coefficient (Wildman–Crippen LogP) is 6.03. The van der Waals surface area contributed by atoms with Crippen LogP contribution in [-0.4, -0.2) is 47.1 Å². The van der Waals surface area contributed by atoms with Crippen LogP contribution in [0.1, 0.15) is 71.3 Å².